The van der Waals surface area contributed by atoms with Crippen LogP contribution in [0.5, 0.6) is 0 Å². The molecule has 0 saturated heterocycles. The van der Waals surface area contributed by atoms with Crippen molar-refractivity contribution < 1.29 is 9.59 Å². The Labute approximate surface area is 86.9 Å². The average molecular weight is 208 g/mol. The maximum absolute atomic E-state index is 11.5. The molecule has 0 amide bonds. The molecule has 1 heterocycles. The molecule has 3 heteroatoms. The molecule has 1 fully saturated rings. The van der Waals surface area contributed by atoms with Crippen LogP contribution in [0.1, 0.15) is 36.0 Å². The molecule has 1 aromatic heterocycles. The van der Waals surface area contributed by atoms with Crippen LogP contribution in [0.15, 0.2) is 16.8 Å². The van der Waals surface area contributed by atoms with Crippen LogP contribution in [-0.4, -0.2) is 11.6 Å². The second-order valence-corrected chi connectivity index (χ2v) is 4.49. The predicted octanol–water partition coefficient (Wildman–Crippen LogP) is 2.69. The highest BCUT2D eigenvalue weighted by molar-refractivity contribution is 7.08. The van der Waals surface area contributed by atoms with Crippen molar-refractivity contribution in [1.82, 2.24) is 0 Å². The Morgan fingerprint density at radius 3 is 2.71 bits per heavy atom. The lowest BCUT2D eigenvalue weighted by molar-refractivity contribution is -0.124. The first-order valence-corrected chi connectivity index (χ1v) is 5.80. The average Bonchev–Trinajstić information content (AvgIpc) is 2.51. The molecule has 0 spiro atoms. The largest absolute Gasteiger partial charge is 0.299 e. The molecular formula is C11H12O2S. The number of carbonyl (C=O) groups is 2. The van der Waals surface area contributed by atoms with E-state index in [0.717, 1.165) is 19.3 Å². The minimum absolute atomic E-state index is 0.0249. The lowest BCUT2D eigenvalue weighted by Gasteiger charge is -2.23. The maximum atomic E-state index is 11.5. The fourth-order valence-electron chi connectivity index (χ4n) is 1.56. The highest BCUT2D eigenvalue weighted by Gasteiger charge is 2.26. The molecular weight excluding hydrogens is 196 g/mol. The number of ketones is 2. The first-order valence-electron chi connectivity index (χ1n) is 4.85. The summed E-state index contributed by atoms with van der Waals surface area (Å²) in [5.41, 5.74) is 0.683. The molecule has 2 nitrogen and oxygen atoms in total. The van der Waals surface area contributed by atoms with Gasteiger partial charge in [0, 0.05) is 16.9 Å². The van der Waals surface area contributed by atoms with Gasteiger partial charge in [0.05, 0.1) is 6.42 Å². The standard InChI is InChI=1S/C11H12O2S/c12-10(8-2-1-3-8)6-11(13)9-4-5-14-7-9/h4-5,7-8H,1-3,6H2. The maximum Gasteiger partial charge on any atom is 0.171 e. The van der Waals surface area contributed by atoms with Crippen molar-refractivity contribution in [2.45, 2.75) is 25.7 Å². The highest BCUT2D eigenvalue weighted by Crippen LogP contribution is 2.28. The van der Waals surface area contributed by atoms with Crippen LogP contribution in [0.2, 0.25) is 0 Å². The Balaban J connectivity index is 1.91. The van der Waals surface area contributed by atoms with Crippen molar-refractivity contribution >= 4 is 22.9 Å². The summed E-state index contributed by atoms with van der Waals surface area (Å²) in [6.45, 7) is 0. The van der Waals surface area contributed by atoms with Crippen LogP contribution < -0.4 is 0 Å². The Hall–Kier alpha value is -0.960. The molecule has 1 saturated carbocycles. The molecule has 0 aromatic carbocycles. The van der Waals surface area contributed by atoms with Gasteiger partial charge in [-0.15, -0.1) is 0 Å². The number of hydrogen-bond donors (Lipinski definition) is 0. The zero-order chi connectivity index (χ0) is 9.97. The zero-order valence-corrected chi connectivity index (χ0v) is 8.68. The van der Waals surface area contributed by atoms with E-state index in [-0.39, 0.29) is 23.9 Å². The van der Waals surface area contributed by atoms with E-state index in [1.54, 1.807) is 11.4 Å². The van der Waals surface area contributed by atoms with Crippen molar-refractivity contribution in [1.29, 1.82) is 0 Å². The van der Waals surface area contributed by atoms with E-state index in [0.29, 0.717) is 5.56 Å². The molecule has 0 unspecified atom stereocenters. The Morgan fingerprint density at radius 1 is 1.43 bits per heavy atom. The molecule has 14 heavy (non-hydrogen) atoms. The predicted molar refractivity (Wildman–Crippen MR) is 55.6 cm³/mol. The van der Waals surface area contributed by atoms with Crippen LogP contribution in [0.25, 0.3) is 0 Å². The van der Waals surface area contributed by atoms with Gasteiger partial charge >= 0.3 is 0 Å². The molecule has 74 valence electrons. The first-order chi connectivity index (χ1) is 6.77. The first kappa shape index (κ1) is 9.59. The van der Waals surface area contributed by atoms with E-state index in [2.05, 4.69) is 0 Å². The third-order valence-corrected chi connectivity index (χ3v) is 3.42. The topological polar surface area (TPSA) is 34.1 Å². The molecule has 1 aromatic rings. The molecule has 0 aliphatic heterocycles. The fourth-order valence-corrected chi connectivity index (χ4v) is 2.22. The van der Waals surface area contributed by atoms with E-state index < -0.39 is 0 Å². The quantitative estimate of drug-likeness (QED) is 0.563. The molecule has 1 aliphatic carbocycles. The Kier molecular flexibility index (Phi) is 2.77. The minimum Gasteiger partial charge on any atom is -0.299 e. The summed E-state index contributed by atoms with van der Waals surface area (Å²) in [6, 6.07) is 1.78. The van der Waals surface area contributed by atoms with E-state index >= 15 is 0 Å². The van der Waals surface area contributed by atoms with Crippen LogP contribution >= 0.6 is 11.3 Å². The van der Waals surface area contributed by atoms with Gasteiger partial charge in [-0.25, -0.2) is 0 Å². The third-order valence-electron chi connectivity index (χ3n) is 2.74. The van der Waals surface area contributed by atoms with E-state index in [4.69, 9.17) is 0 Å². The number of Topliss-reactive ketones (excluding diaryl/α,β-unsaturated/α-hetero) is 2. The van der Waals surface area contributed by atoms with Gasteiger partial charge < -0.3 is 0 Å². The van der Waals surface area contributed by atoms with Gasteiger partial charge in [-0.2, -0.15) is 11.3 Å². The van der Waals surface area contributed by atoms with Crippen LogP contribution in [-0.2, 0) is 4.79 Å². The van der Waals surface area contributed by atoms with Crippen molar-refractivity contribution in [3.05, 3.63) is 22.4 Å². The second-order valence-electron chi connectivity index (χ2n) is 3.71. The van der Waals surface area contributed by atoms with E-state index in [1.165, 1.54) is 11.3 Å². The van der Waals surface area contributed by atoms with Gasteiger partial charge in [0.2, 0.25) is 0 Å². The van der Waals surface area contributed by atoms with Crippen molar-refractivity contribution in [2.24, 2.45) is 5.92 Å². The lowest BCUT2D eigenvalue weighted by Crippen LogP contribution is -2.24. The van der Waals surface area contributed by atoms with Gasteiger partial charge in [0.25, 0.3) is 0 Å². The molecule has 0 bridgehead atoms. The van der Waals surface area contributed by atoms with Gasteiger partial charge in [0.15, 0.2) is 5.78 Å². The zero-order valence-electron chi connectivity index (χ0n) is 7.86. The lowest BCUT2D eigenvalue weighted by atomic mass is 9.80. The van der Waals surface area contributed by atoms with Crippen molar-refractivity contribution in [2.75, 3.05) is 0 Å². The number of hydrogen-bond acceptors (Lipinski definition) is 3. The SMILES string of the molecule is O=C(CC(=O)C1CCC1)c1ccsc1. The minimum atomic E-state index is -0.0249. The molecule has 0 atom stereocenters. The molecule has 1 aliphatic rings. The third kappa shape index (κ3) is 1.93. The van der Waals surface area contributed by atoms with Crippen molar-refractivity contribution in [3.63, 3.8) is 0 Å². The number of thiophene rings is 1. The molecule has 0 radical (unpaired) electrons. The smallest absolute Gasteiger partial charge is 0.171 e. The fraction of sp³-hybridized carbons (Fsp3) is 0.455. The summed E-state index contributed by atoms with van der Waals surface area (Å²) in [6.07, 6.45) is 3.20. The van der Waals surface area contributed by atoms with Crippen LogP contribution in [0, 0.1) is 5.92 Å². The summed E-state index contributed by atoms with van der Waals surface area (Å²) < 4.78 is 0. The van der Waals surface area contributed by atoms with Crippen molar-refractivity contribution in [3.8, 4) is 0 Å². The van der Waals surface area contributed by atoms with Gasteiger partial charge in [0.1, 0.15) is 5.78 Å². The Bertz CT molecular complexity index is 336. The second kappa shape index (κ2) is 4.05. The molecule has 0 N–H and O–H groups in total. The number of rotatable bonds is 4. The van der Waals surface area contributed by atoms with E-state index in [1.807, 2.05) is 5.38 Å². The van der Waals surface area contributed by atoms with Crippen LogP contribution in [0.3, 0.4) is 0 Å². The van der Waals surface area contributed by atoms with Gasteiger partial charge in [-0.1, -0.05) is 6.42 Å². The van der Waals surface area contributed by atoms with Gasteiger partial charge in [-0.3, -0.25) is 9.59 Å². The Morgan fingerprint density at radius 2 is 2.21 bits per heavy atom. The van der Waals surface area contributed by atoms with Gasteiger partial charge in [-0.05, 0) is 24.3 Å². The summed E-state index contributed by atoms with van der Waals surface area (Å²) >= 11 is 1.49. The summed E-state index contributed by atoms with van der Waals surface area (Å²) in [5.74, 6) is 0.285. The molecule has 2 rings (SSSR count). The van der Waals surface area contributed by atoms with E-state index in [9.17, 15) is 9.59 Å². The highest BCUT2D eigenvalue weighted by atomic mass is 32.1. The number of carbonyl (C=O) groups excluding carboxylic acids is 2. The summed E-state index contributed by atoms with van der Waals surface area (Å²) in [5, 5.41) is 3.66. The van der Waals surface area contributed by atoms with Crippen LogP contribution in [0.4, 0.5) is 0 Å². The monoisotopic (exact) mass is 208 g/mol. The summed E-state index contributed by atoms with van der Waals surface area (Å²) in [7, 11) is 0. The normalized spacial score (nSPS) is 16.3. The summed E-state index contributed by atoms with van der Waals surface area (Å²) in [4.78, 5) is 23.1.